The average molecular weight is 187 g/mol. The van der Waals surface area contributed by atoms with Gasteiger partial charge in [0.2, 0.25) is 5.91 Å². The molecule has 1 amide bonds. The minimum absolute atomic E-state index is 0.191. The van der Waals surface area contributed by atoms with Gasteiger partial charge in [0.05, 0.1) is 0 Å². The number of nitrogens with zero attached hydrogens (tertiary/aromatic N) is 1. The van der Waals surface area contributed by atoms with Crippen molar-refractivity contribution in [3.05, 3.63) is 0 Å². The van der Waals surface area contributed by atoms with E-state index in [1.807, 2.05) is 0 Å². The van der Waals surface area contributed by atoms with E-state index in [4.69, 9.17) is 18.0 Å². The number of piperidine rings is 1. The topological polar surface area (TPSA) is 58.4 Å². The van der Waals surface area contributed by atoms with E-state index >= 15 is 0 Å². The second kappa shape index (κ2) is 3.71. The predicted molar refractivity (Wildman–Crippen MR) is 50.6 cm³/mol. The second-order valence-electron chi connectivity index (χ2n) is 3.02. The smallest absolute Gasteiger partial charge is 0.222 e. The molecule has 12 heavy (non-hydrogen) atoms. The molecule has 1 unspecified atom stereocenters. The lowest BCUT2D eigenvalue weighted by molar-refractivity contribution is -0.132. The van der Waals surface area contributed by atoms with Crippen LogP contribution >= 0.6 is 12.2 Å². The van der Waals surface area contributed by atoms with Gasteiger partial charge in [-0.2, -0.15) is 0 Å². The molecule has 0 aromatic heterocycles. The van der Waals surface area contributed by atoms with Gasteiger partial charge in [0, 0.05) is 26.1 Å². The third kappa shape index (κ3) is 2.34. The summed E-state index contributed by atoms with van der Waals surface area (Å²) in [5.41, 5.74) is 5.32. The first-order valence-corrected chi connectivity index (χ1v) is 4.30. The standard InChI is InChI=1S/C7H13N3OS/c1-10-4-5(9-7(8)12)2-3-6(10)11/h5H,2-4H2,1H3,(H3,8,9,12). The van der Waals surface area contributed by atoms with Gasteiger partial charge in [-0.15, -0.1) is 0 Å². The molecule has 0 aliphatic carbocycles. The van der Waals surface area contributed by atoms with Gasteiger partial charge in [-0.25, -0.2) is 0 Å². The molecule has 1 fully saturated rings. The van der Waals surface area contributed by atoms with Crippen molar-refractivity contribution < 1.29 is 4.79 Å². The highest BCUT2D eigenvalue weighted by Gasteiger charge is 2.22. The molecular weight excluding hydrogens is 174 g/mol. The number of likely N-dealkylation sites (tertiary alicyclic amines) is 1. The minimum atomic E-state index is 0.191. The average Bonchev–Trinajstić information content (AvgIpc) is 1.96. The number of likely N-dealkylation sites (N-methyl/N-ethyl adjacent to an activating group) is 1. The lowest BCUT2D eigenvalue weighted by Crippen LogP contribution is -2.49. The molecule has 0 aromatic carbocycles. The Kier molecular flexibility index (Phi) is 2.86. The molecule has 3 N–H and O–H groups in total. The zero-order chi connectivity index (χ0) is 9.14. The fraction of sp³-hybridized carbons (Fsp3) is 0.714. The van der Waals surface area contributed by atoms with E-state index in [1.54, 1.807) is 11.9 Å². The van der Waals surface area contributed by atoms with E-state index in [-0.39, 0.29) is 11.9 Å². The van der Waals surface area contributed by atoms with Crippen LogP contribution in [0.25, 0.3) is 0 Å². The number of hydrogen-bond donors (Lipinski definition) is 2. The quantitative estimate of drug-likeness (QED) is 0.540. The SMILES string of the molecule is CN1CC(NC(N)=S)CCC1=O. The molecule has 0 bridgehead atoms. The van der Waals surface area contributed by atoms with Gasteiger partial charge >= 0.3 is 0 Å². The van der Waals surface area contributed by atoms with E-state index in [2.05, 4.69) is 5.32 Å². The summed E-state index contributed by atoms with van der Waals surface area (Å²) < 4.78 is 0. The Balaban J connectivity index is 2.40. The number of thiocarbonyl (C=S) groups is 1. The molecule has 5 heteroatoms. The van der Waals surface area contributed by atoms with E-state index in [0.717, 1.165) is 6.42 Å². The van der Waals surface area contributed by atoms with Crippen LogP contribution < -0.4 is 11.1 Å². The van der Waals surface area contributed by atoms with Crippen LogP contribution in [0.1, 0.15) is 12.8 Å². The maximum Gasteiger partial charge on any atom is 0.222 e. The number of carbonyl (C=O) groups excluding carboxylic acids is 1. The molecule has 1 heterocycles. The van der Waals surface area contributed by atoms with Crippen LogP contribution in [-0.2, 0) is 4.79 Å². The van der Waals surface area contributed by atoms with E-state index in [0.29, 0.717) is 18.1 Å². The van der Waals surface area contributed by atoms with Gasteiger partial charge in [0.1, 0.15) is 0 Å². The van der Waals surface area contributed by atoms with Gasteiger partial charge in [0.25, 0.3) is 0 Å². The van der Waals surface area contributed by atoms with Gasteiger partial charge in [-0.1, -0.05) is 0 Å². The summed E-state index contributed by atoms with van der Waals surface area (Å²) in [4.78, 5) is 12.8. The van der Waals surface area contributed by atoms with Crippen molar-refractivity contribution in [2.45, 2.75) is 18.9 Å². The van der Waals surface area contributed by atoms with Gasteiger partial charge in [-0.05, 0) is 18.6 Å². The summed E-state index contributed by atoms with van der Waals surface area (Å²) in [5, 5.41) is 3.26. The van der Waals surface area contributed by atoms with Crippen LogP contribution in [0.15, 0.2) is 0 Å². The first-order valence-electron chi connectivity index (χ1n) is 3.89. The molecule has 68 valence electrons. The number of hydrogen-bond acceptors (Lipinski definition) is 2. The van der Waals surface area contributed by atoms with Crippen LogP contribution in [0, 0.1) is 0 Å². The maximum absolute atomic E-state index is 11.1. The Labute approximate surface area is 77.1 Å². The maximum atomic E-state index is 11.1. The van der Waals surface area contributed by atoms with Crippen molar-refractivity contribution in [1.29, 1.82) is 0 Å². The number of amides is 1. The Morgan fingerprint density at radius 2 is 2.50 bits per heavy atom. The molecule has 4 nitrogen and oxygen atoms in total. The molecule has 0 saturated carbocycles. The normalized spacial score (nSPS) is 23.9. The highest BCUT2D eigenvalue weighted by atomic mass is 32.1. The largest absolute Gasteiger partial charge is 0.376 e. The number of carbonyl (C=O) groups is 1. The fourth-order valence-electron chi connectivity index (χ4n) is 1.33. The molecule has 1 aliphatic heterocycles. The summed E-state index contributed by atoms with van der Waals surface area (Å²) in [7, 11) is 1.79. The highest BCUT2D eigenvalue weighted by molar-refractivity contribution is 7.80. The van der Waals surface area contributed by atoms with Gasteiger partial charge in [-0.3, -0.25) is 4.79 Å². The van der Waals surface area contributed by atoms with Crippen molar-refractivity contribution in [1.82, 2.24) is 10.2 Å². The predicted octanol–water partition coefficient (Wildman–Crippen LogP) is -0.560. The number of nitrogens with two attached hydrogens (primary N) is 1. The van der Waals surface area contributed by atoms with Crippen LogP contribution in [0.3, 0.4) is 0 Å². The lowest BCUT2D eigenvalue weighted by atomic mass is 10.1. The first-order chi connectivity index (χ1) is 5.59. The summed E-state index contributed by atoms with van der Waals surface area (Å²) in [6.07, 6.45) is 1.40. The summed E-state index contributed by atoms with van der Waals surface area (Å²) in [6, 6.07) is 0.227. The zero-order valence-corrected chi connectivity index (χ0v) is 7.86. The zero-order valence-electron chi connectivity index (χ0n) is 7.04. The van der Waals surface area contributed by atoms with Crippen LogP contribution in [-0.4, -0.2) is 35.6 Å². The summed E-state index contributed by atoms with van der Waals surface area (Å²) >= 11 is 4.71. The van der Waals surface area contributed by atoms with Crippen LogP contribution in [0.2, 0.25) is 0 Å². The minimum Gasteiger partial charge on any atom is -0.376 e. The fourth-order valence-corrected chi connectivity index (χ4v) is 1.50. The molecule has 0 radical (unpaired) electrons. The number of rotatable bonds is 1. The Morgan fingerprint density at radius 3 is 3.00 bits per heavy atom. The first kappa shape index (κ1) is 9.25. The molecular formula is C7H13N3OS. The Bertz CT molecular complexity index is 207. The van der Waals surface area contributed by atoms with Crippen molar-refractivity contribution in [3.8, 4) is 0 Å². The lowest BCUT2D eigenvalue weighted by Gasteiger charge is -2.30. The third-order valence-electron chi connectivity index (χ3n) is 1.97. The van der Waals surface area contributed by atoms with Crippen molar-refractivity contribution in [3.63, 3.8) is 0 Å². The third-order valence-corrected chi connectivity index (χ3v) is 2.09. The second-order valence-corrected chi connectivity index (χ2v) is 3.46. The summed E-state index contributed by atoms with van der Waals surface area (Å²) in [6.45, 7) is 0.691. The Hall–Kier alpha value is -0.840. The molecule has 1 aliphatic rings. The molecule has 1 rings (SSSR count). The van der Waals surface area contributed by atoms with E-state index in [9.17, 15) is 4.79 Å². The monoisotopic (exact) mass is 187 g/mol. The highest BCUT2D eigenvalue weighted by Crippen LogP contribution is 2.08. The van der Waals surface area contributed by atoms with E-state index < -0.39 is 0 Å². The van der Waals surface area contributed by atoms with Gasteiger partial charge < -0.3 is 16.0 Å². The van der Waals surface area contributed by atoms with E-state index in [1.165, 1.54) is 0 Å². The van der Waals surface area contributed by atoms with Crippen molar-refractivity contribution >= 4 is 23.2 Å². The summed E-state index contributed by atoms with van der Waals surface area (Å²) in [5.74, 6) is 0.191. The molecule has 0 spiro atoms. The molecule has 1 atom stereocenters. The van der Waals surface area contributed by atoms with Gasteiger partial charge in [0.15, 0.2) is 5.11 Å². The molecule has 1 saturated heterocycles. The number of nitrogens with one attached hydrogen (secondary N) is 1. The van der Waals surface area contributed by atoms with Crippen LogP contribution in [0.5, 0.6) is 0 Å². The Morgan fingerprint density at radius 1 is 1.83 bits per heavy atom. The van der Waals surface area contributed by atoms with Crippen molar-refractivity contribution in [2.24, 2.45) is 5.73 Å². The molecule has 0 aromatic rings. The van der Waals surface area contributed by atoms with Crippen molar-refractivity contribution in [2.75, 3.05) is 13.6 Å². The van der Waals surface area contributed by atoms with Crippen LogP contribution in [0.4, 0.5) is 0 Å².